The molecular weight excluding hydrogens is 252 g/mol. The molecule has 1 spiro atoms. The van der Waals surface area contributed by atoms with E-state index in [2.05, 4.69) is 56.3 Å². The average molecular weight is 276 g/mol. The van der Waals surface area contributed by atoms with Gasteiger partial charge in [-0.15, -0.1) is 0 Å². The van der Waals surface area contributed by atoms with Gasteiger partial charge in [-0.2, -0.15) is 0 Å². The maximum atomic E-state index is 2.52. The van der Waals surface area contributed by atoms with Crippen LogP contribution in [0.25, 0.3) is 11.1 Å². The lowest BCUT2D eigenvalue weighted by Gasteiger charge is -2.36. The van der Waals surface area contributed by atoms with Crippen molar-refractivity contribution >= 4 is 0 Å². The topological polar surface area (TPSA) is 0 Å². The van der Waals surface area contributed by atoms with Crippen molar-refractivity contribution < 1.29 is 0 Å². The van der Waals surface area contributed by atoms with Gasteiger partial charge in [0.2, 0.25) is 0 Å². The van der Waals surface area contributed by atoms with Crippen molar-refractivity contribution in [2.24, 2.45) is 0 Å². The van der Waals surface area contributed by atoms with E-state index in [1.54, 1.807) is 11.1 Å². The minimum absolute atomic E-state index is 0.315. The molecule has 0 amide bonds. The summed E-state index contributed by atoms with van der Waals surface area (Å²) in [5, 5.41) is 0. The predicted molar refractivity (Wildman–Crippen MR) is 89.8 cm³/mol. The molecule has 2 aliphatic rings. The van der Waals surface area contributed by atoms with Crippen LogP contribution in [0.4, 0.5) is 0 Å². The van der Waals surface area contributed by atoms with E-state index in [4.69, 9.17) is 0 Å². The summed E-state index contributed by atoms with van der Waals surface area (Å²) in [6.45, 7) is 4.61. The second-order valence-corrected chi connectivity index (χ2v) is 7.15. The summed E-state index contributed by atoms with van der Waals surface area (Å²) in [5.41, 5.74) is 8.01. The monoisotopic (exact) mass is 276 g/mol. The van der Waals surface area contributed by atoms with Gasteiger partial charge in [0.25, 0.3) is 0 Å². The number of rotatable bonds is 1. The summed E-state index contributed by atoms with van der Waals surface area (Å²) in [6, 6.07) is 16.4. The highest BCUT2D eigenvalue weighted by Crippen LogP contribution is 2.55. The summed E-state index contributed by atoms with van der Waals surface area (Å²) in [6.07, 6.45) is 6.82. The molecule has 21 heavy (non-hydrogen) atoms. The Hall–Kier alpha value is -1.56. The molecule has 2 aliphatic carbocycles. The first-order chi connectivity index (χ1) is 10.2. The smallest absolute Gasteiger partial charge is 0.0215 e. The quantitative estimate of drug-likeness (QED) is 0.595. The molecule has 0 heterocycles. The molecule has 0 aliphatic heterocycles. The van der Waals surface area contributed by atoms with Crippen LogP contribution in [-0.2, 0) is 5.41 Å². The van der Waals surface area contributed by atoms with E-state index in [0.29, 0.717) is 11.3 Å². The summed E-state index contributed by atoms with van der Waals surface area (Å²) in [4.78, 5) is 0. The highest BCUT2D eigenvalue weighted by molar-refractivity contribution is 5.81. The van der Waals surface area contributed by atoms with Crippen molar-refractivity contribution in [3.63, 3.8) is 0 Å². The summed E-state index contributed by atoms with van der Waals surface area (Å²) in [7, 11) is 0. The maximum absolute atomic E-state index is 2.52. The van der Waals surface area contributed by atoms with Crippen LogP contribution in [-0.4, -0.2) is 0 Å². The Labute approximate surface area is 128 Å². The second kappa shape index (κ2) is 4.73. The van der Waals surface area contributed by atoms with E-state index in [9.17, 15) is 0 Å². The fourth-order valence-electron chi connectivity index (χ4n) is 4.53. The van der Waals surface area contributed by atoms with Gasteiger partial charge in [0.05, 0.1) is 0 Å². The van der Waals surface area contributed by atoms with Crippen LogP contribution in [0.3, 0.4) is 0 Å². The van der Waals surface area contributed by atoms with Crippen LogP contribution in [0.5, 0.6) is 0 Å². The molecular formula is C21H24. The molecule has 0 N–H and O–H groups in total. The Morgan fingerprint density at radius 2 is 1.52 bits per heavy atom. The fraction of sp³-hybridized carbons (Fsp3) is 0.429. The largest absolute Gasteiger partial charge is 0.0619 e. The van der Waals surface area contributed by atoms with Crippen molar-refractivity contribution in [3.05, 3.63) is 59.2 Å². The van der Waals surface area contributed by atoms with Gasteiger partial charge < -0.3 is 0 Å². The Morgan fingerprint density at radius 1 is 0.810 bits per heavy atom. The van der Waals surface area contributed by atoms with Gasteiger partial charge in [-0.1, -0.05) is 75.6 Å². The molecule has 2 aromatic rings. The van der Waals surface area contributed by atoms with Gasteiger partial charge in [0, 0.05) is 5.41 Å². The number of fused-ring (bicyclic) bond motifs is 5. The molecule has 0 nitrogen and oxygen atoms in total. The molecule has 0 saturated heterocycles. The van der Waals surface area contributed by atoms with Gasteiger partial charge in [-0.3, -0.25) is 0 Å². The third kappa shape index (κ3) is 1.81. The highest BCUT2D eigenvalue weighted by atomic mass is 14.5. The summed E-state index contributed by atoms with van der Waals surface area (Å²) < 4.78 is 0. The Balaban J connectivity index is 1.98. The molecule has 0 atom stereocenters. The molecule has 0 heteroatoms. The molecule has 0 unspecified atom stereocenters. The average Bonchev–Trinajstić information content (AvgIpc) is 2.79. The van der Waals surface area contributed by atoms with Crippen molar-refractivity contribution in [2.45, 2.75) is 57.3 Å². The minimum atomic E-state index is 0.315. The van der Waals surface area contributed by atoms with Crippen LogP contribution in [0.15, 0.2) is 42.5 Å². The zero-order chi connectivity index (χ0) is 14.4. The third-order valence-electron chi connectivity index (χ3n) is 5.67. The summed E-state index contributed by atoms with van der Waals surface area (Å²) >= 11 is 0. The lowest BCUT2D eigenvalue weighted by molar-refractivity contribution is 0.352. The van der Waals surface area contributed by atoms with Gasteiger partial charge in [-0.25, -0.2) is 0 Å². The first-order valence-electron chi connectivity index (χ1n) is 8.47. The van der Waals surface area contributed by atoms with Crippen LogP contribution in [0.1, 0.15) is 68.6 Å². The number of hydrogen-bond donors (Lipinski definition) is 0. The van der Waals surface area contributed by atoms with Crippen LogP contribution in [0, 0.1) is 0 Å². The Kier molecular flexibility index (Phi) is 2.96. The van der Waals surface area contributed by atoms with Crippen molar-refractivity contribution in [1.82, 2.24) is 0 Å². The normalized spacial score (nSPS) is 18.8. The van der Waals surface area contributed by atoms with E-state index >= 15 is 0 Å². The van der Waals surface area contributed by atoms with Crippen LogP contribution in [0.2, 0.25) is 0 Å². The fourth-order valence-corrected chi connectivity index (χ4v) is 4.53. The van der Waals surface area contributed by atoms with Crippen molar-refractivity contribution in [2.75, 3.05) is 0 Å². The zero-order valence-electron chi connectivity index (χ0n) is 13.2. The third-order valence-corrected chi connectivity index (χ3v) is 5.67. The molecule has 4 rings (SSSR count). The first-order valence-corrected chi connectivity index (χ1v) is 8.47. The zero-order valence-corrected chi connectivity index (χ0v) is 13.2. The van der Waals surface area contributed by atoms with Gasteiger partial charge in [0.1, 0.15) is 0 Å². The lowest BCUT2D eigenvalue weighted by Crippen LogP contribution is -2.28. The maximum Gasteiger partial charge on any atom is 0.0215 e. The molecule has 0 bridgehead atoms. The van der Waals surface area contributed by atoms with Gasteiger partial charge in [-0.05, 0) is 46.6 Å². The van der Waals surface area contributed by atoms with E-state index in [1.807, 2.05) is 0 Å². The van der Waals surface area contributed by atoms with Gasteiger partial charge >= 0.3 is 0 Å². The van der Waals surface area contributed by atoms with Crippen LogP contribution < -0.4 is 0 Å². The first kappa shape index (κ1) is 13.1. The molecule has 0 aromatic heterocycles. The Bertz CT molecular complexity index is 672. The number of hydrogen-bond acceptors (Lipinski definition) is 0. The summed E-state index contributed by atoms with van der Waals surface area (Å²) in [5.74, 6) is 0.611. The Morgan fingerprint density at radius 3 is 2.29 bits per heavy atom. The van der Waals surface area contributed by atoms with E-state index < -0.39 is 0 Å². The van der Waals surface area contributed by atoms with Crippen LogP contribution >= 0.6 is 0 Å². The lowest BCUT2D eigenvalue weighted by atomic mass is 9.67. The van der Waals surface area contributed by atoms with E-state index in [1.165, 1.54) is 48.8 Å². The highest BCUT2D eigenvalue weighted by Gasteiger charge is 2.43. The van der Waals surface area contributed by atoms with E-state index in [-0.39, 0.29) is 0 Å². The SMILES string of the molecule is CC(C)c1ccc2c(c1)C1(CCCCC1)c1ccccc1-2. The van der Waals surface area contributed by atoms with E-state index in [0.717, 1.165) is 0 Å². The second-order valence-electron chi connectivity index (χ2n) is 7.15. The number of benzene rings is 2. The van der Waals surface area contributed by atoms with Crippen molar-refractivity contribution in [1.29, 1.82) is 0 Å². The molecule has 2 aromatic carbocycles. The molecule has 1 fully saturated rings. The van der Waals surface area contributed by atoms with Gasteiger partial charge in [0.15, 0.2) is 0 Å². The molecule has 0 radical (unpaired) electrons. The minimum Gasteiger partial charge on any atom is -0.0619 e. The standard InChI is InChI=1S/C21H24/c1-15(2)16-10-11-18-17-8-4-5-9-19(17)21(20(18)14-16)12-6-3-7-13-21/h4-5,8-11,14-15H,3,6-7,12-13H2,1-2H3. The molecule has 108 valence electrons. The molecule has 1 saturated carbocycles. The van der Waals surface area contributed by atoms with Crippen molar-refractivity contribution in [3.8, 4) is 11.1 Å². The predicted octanol–water partition coefficient (Wildman–Crippen LogP) is 6.04.